The molecule has 4 rings (SSSR count). The third-order valence-corrected chi connectivity index (χ3v) is 7.80. The highest BCUT2D eigenvalue weighted by molar-refractivity contribution is 5.85. The molecule has 6 nitrogen and oxygen atoms in total. The van der Waals surface area contributed by atoms with Crippen molar-refractivity contribution >= 4 is 16.9 Å². The number of carbonyl (C=O) groups is 1. The Balaban J connectivity index is 1.37. The smallest absolute Gasteiger partial charge is 0.309 e. The monoisotopic (exact) mass is 530 g/mol. The number of aliphatic hydroxyl groups excluding tert-OH is 1. The quantitative estimate of drug-likeness (QED) is 0.333. The summed E-state index contributed by atoms with van der Waals surface area (Å²) in [7, 11) is 1.57. The van der Waals surface area contributed by atoms with E-state index in [-0.39, 0.29) is 18.4 Å². The lowest BCUT2D eigenvalue weighted by Crippen LogP contribution is -2.44. The molecule has 2 heterocycles. The van der Waals surface area contributed by atoms with E-state index < -0.39 is 34.9 Å². The van der Waals surface area contributed by atoms with Crippen molar-refractivity contribution in [3.05, 3.63) is 70.7 Å². The molecule has 2 aromatic carbocycles. The van der Waals surface area contributed by atoms with E-state index in [0.29, 0.717) is 57.1 Å². The van der Waals surface area contributed by atoms with Gasteiger partial charge in [0.2, 0.25) is 0 Å². The maximum atomic E-state index is 13.9. The first-order chi connectivity index (χ1) is 18.1. The molecule has 0 bridgehead atoms. The van der Waals surface area contributed by atoms with Crippen LogP contribution in [0.5, 0.6) is 5.75 Å². The van der Waals surface area contributed by atoms with Gasteiger partial charge in [-0.1, -0.05) is 0 Å². The van der Waals surface area contributed by atoms with E-state index in [1.54, 1.807) is 19.4 Å². The molecule has 3 aromatic rings. The third kappa shape index (κ3) is 5.94. The Morgan fingerprint density at radius 1 is 1.18 bits per heavy atom. The van der Waals surface area contributed by atoms with Gasteiger partial charge in [0.1, 0.15) is 11.6 Å². The van der Waals surface area contributed by atoms with Crippen LogP contribution in [0.1, 0.15) is 54.9 Å². The van der Waals surface area contributed by atoms with Crippen LogP contribution in [0.25, 0.3) is 10.9 Å². The molecular weight excluding hydrogens is 497 g/mol. The number of nitrogens with zero attached hydrogens (tertiary/aromatic N) is 2. The van der Waals surface area contributed by atoms with E-state index in [9.17, 15) is 28.2 Å². The van der Waals surface area contributed by atoms with Crippen LogP contribution in [0, 0.1) is 29.8 Å². The molecule has 1 saturated heterocycles. The van der Waals surface area contributed by atoms with Crippen LogP contribution in [0.15, 0.2) is 36.5 Å². The summed E-state index contributed by atoms with van der Waals surface area (Å²) in [5, 5.41) is 22.1. The maximum absolute atomic E-state index is 13.9. The fourth-order valence-corrected chi connectivity index (χ4v) is 5.48. The molecule has 0 aliphatic carbocycles. The standard InChI is InChI=1S/C29H33F3N2O4/c1-18-17-33-24-6-5-21(38-2)16-22(24)26(18)25(35)7-8-29(28(36)37)9-12-34(13-10-29)11-3-4-19-14-20(30)15-23(31)27(19)32/h5-6,14-17,25,35H,3-4,7-13H2,1-2H3,(H,36,37). The first-order valence-corrected chi connectivity index (χ1v) is 12.8. The minimum atomic E-state index is -1.19. The molecule has 1 aliphatic heterocycles. The highest BCUT2D eigenvalue weighted by Gasteiger charge is 2.41. The molecular formula is C29H33F3N2O4. The predicted molar refractivity (Wildman–Crippen MR) is 138 cm³/mol. The first-order valence-electron chi connectivity index (χ1n) is 12.8. The van der Waals surface area contributed by atoms with E-state index in [0.717, 1.165) is 28.1 Å². The number of pyridine rings is 1. The van der Waals surface area contributed by atoms with Gasteiger partial charge in [-0.15, -0.1) is 0 Å². The lowest BCUT2D eigenvalue weighted by Gasteiger charge is -2.39. The minimum Gasteiger partial charge on any atom is -0.497 e. The number of rotatable bonds is 10. The zero-order valence-corrected chi connectivity index (χ0v) is 21.6. The number of piperidine rings is 1. The zero-order chi connectivity index (χ0) is 27.4. The van der Waals surface area contributed by atoms with Crippen molar-refractivity contribution in [1.29, 1.82) is 0 Å². The summed E-state index contributed by atoms with van der Waals surface area (Å²) >= 11 is 0. The summed E-state index contributed by atoms with van der Waals surface area (Å²) in [6.07, 6.45) is 2.98. The second-order valence-corrected chi connectivity index (χ2v) is 10.2. The summed E-state index contributed by atoms with van der Waals surface area (Å²) in [4.78, 5) is 18.9. The van der Waals surface area contributed by atoms with Crippen molar-refractivity contribution in [3.8, 4) is 5.75 Å². The molecule has 0 radical (unpaired) electrons. The number of aliphatic hydroxyl groups is 1. The Hall–Kier alpha value is -3.17. The lowest BCUT2D eigenvalue weighted by atomic mass is 9.73. The van der Waals surface area contributed by atoms with Gasteiger partial charge in [-0.2, -0.15) is 0 Å². The van der Waals surface area contributed by atoms with Crippen LogP contribution in [0.4, 0.5) is 13.2 Å². The molecule has 2 N–H and O–H groups in total. The number of ether oxygens (including phenoxy) is 1. The van der Waals surface area contributed by atoms with Gasteiger partial charge in [0, 0.05) is 17.6 Å². The van der Waals surface area contributed by atoms with Crippen molar-refractivity contribution in [2.24, 2.45) is 5.41 Å². The van der Waals surface area contributed by atoms with Crippen LogP contribution in [0.2, 0.25) is 0 Å². The molecule has 1 aliphatic rings. The minimum absolute atomic E-state index is 0.00456. The SMILES string of the molecule is COc1ccc2ncc(C)c(C(O)CCC3(C(=O)O)CCN(CCCc4cc(F)cc(F)c4F)CC3)c2c1. The van der Waals surface area contributed by atoms with Crippen molar-refractivity contribution in [2.75, 3.05) is 26.7 Å². The summed E-state index contributed by atoms with van der Waals surface area (Å²) in [6, 6.07) is 7.02. The summed E-state index contributed by atoms with van der Waals surface area (Å²) in [5.41, 5.74) is 1.33. The number of carboxylic acids is 1. The highest BCUT2D eigenvalue weighted by Crippen LogP contribution is 2.40. The maximum Gasteiger partial charge on any atom is 0.309 e. The van der Waals surface area contributed by atoms with Gasteiger partial charge in [-0.25, -0.2) is 13.2 Å². The number of likely N-dealkylation sites (tertiary alicyclic amines) is 1. The lowest BCUT2D eigenvalue weighted by molar-refractivity contribution is -0.153. The van der Waals surface area contributed by atoms with Gasteiger partial charge >= 0.3 is 5.97 Å². The number of benzene rings is 2. The Labute approximate surface area is 220 Å². The number of aryl methyl sites for hydroxylation is 2. The van der Waals surface area contributed by atoms with Crippen LogP contribution in [-0.4, -0.2) is 52.8 Å². The van der Waals surface area contributed by atoms with Gasteiger partial charge < -0.3 is 19.8 Å². The van der Waals surface area contributed by atoms with E-state index in [1.807, 2.05) is 19.1 Å². The Morgan fingerprint density at radius 2 is 1.92 bits per heavy atom. The van der Waals surface area contributed by atoms with Crippen molar-refractivity contribution in [3.63, 3.8) is 0 Å². The zero-order valence-electron chi connectivity index (χ0n) is 21.6. The number of aromatic nitrogens is 1. The Bertz CT molecular complexity index is 1310. The van der Waals surface area contributed by atoms with Crippen molar-refractivity contribution in [1.82, 2.24) is 9.88 Å². The third-order valence-electron chi connectivity index (χ3n) is 7.80. The molecule has 1 unspecified atom stereocenters. The van der Waals surface area contributed by atoms with Gasteiger partial charge in [-0.3, -0.25) is 9.78 Å². The number of fused-ring (bicyclic) bond motifs is 1. The molecule has 1 aromatic heterocycles. The van der Waals surface area contributed by atoms with Crippen LogP contribution in [-0.2, 0) is 11.2 Å². The molecule has 1 fully saturated rings. The Kier molecular flexibility index (Phi) is 8.57. The number of methoxy groups -OCH3 is 1. The second-order valence-electron chi connectivity index (χ2n) is 10.2. The molecule has 0 amide bonds. The number of aliphatic carboxylic acids is 1. The number of hydrogen-bond donors (Lipinski definition) is 2. The average Bonchev–Trinajstić information content (AvgIpc) is 2.90. The topological polar surface area (TPSA) is 82.9 Å². The van der Waals surface area contributed by atoms with Crippen molar-refractivity contribution < 1.29 is 32.9 Å². The number of halogens is 3. The molecule has 204 valence electrons. The number of carboxylic acid groups (broad SMARTS) is 1. The number of hydrogen-bond acceptors (Lipinski definition) is 5. The van der Waals surface area contributed by atoms with Gasteiger partial charge in [0.25, 0.3) is 0 Å². The second kappa shape index (κ2) is 11.7. The predicted octanol–water partition coefficient (Wildman–Crippen LogP) is 5.58. The molecule has 9 heteroatoms. The van der Waals surface area contributed by atoms with Crippen LogP contribution < -0.4 is 4.74 Å². The Morgan fingerprint density at radius 3 is 2.61 bits per heavy atom. The molecule has 38 heavy (non-hydrogen) atoms. The highest BCUT2D eigenvalue weighted by atomic mass is 19.2. The average molecular weight is 531 g/mol. The van der Waals surface area contributed by atoms with E-state index in [1.165, 1.54) is 0 Å². The van der Waals surface area contributed by atoms with Crippen LogP contribution >= 0.6 is 0 Å². The van der Waals surface area contributed by atoms with E-state index >= 15 is 0 Å². The fraction of sp³-hybridized carbons (Fsp3) is 0.448. The first kappa shape index (κ1) is 27.9. The van der Waals surface area contributed by atoms with Crippen molar-refractivity contribution in [2.45, 2.75) is 51.6 Å². The van der Waals surface area contributed by atoms with E-state index in [2.05, 4.69) is 9.88 Å². The fourth-order valence-electron chi connectivity index (χ4n) is 5.48. The van der Waals surface area contributed by atoms with Crippen LogP contribution in [0.3, 0.4) is 0 Å². The normalized spacial score (nSPS) is 16.5. The molecule has 0 saturated carbocycles. The van der Waals surface area contributed by atoms with Gasteiger partial charge in [0.15, 0.2) is 11.6 Å². The molecule has 1 atom stereocenters. The largest absolute Gasteiger partial charge is 0.497 e. The van der Waals surface area contributed by atoms with E-state index in [4.69, 9.17) is 4.74 Å². The van der Waals surface area contributed by atoms with Gasteiger partial charge in [-0.05, 0) is 106 Å². The molecule has 0 spiro atoms. The van der Waals surface area contributed by atoms with Gasteiger partial charge in [0.05, 0.1) is 24.1 Å². The summed E-state index contributed by atoms with van der Waals surface area (Å²) in [5.74, 6) is -3.25. The summed E-state index contributed by atoms with van der Waals surface area (Å²) in [6.45, 7) is 3.52. The summed E-state index contributed by atoms with van der Waals surface area (Å²) < 4.78 is 46.1.